The van der Waals surface area contributed by atoms with Crippen LogP contribution in [0.3, 0.4) is 0 Å². The Balaban J connectivity index is 3.22. The second-order valence-electron chi connectivity index (χ2n) is 4.39. The van der Waals surface area contributed by atoms with Gasteiger partial charge in [0.15, 0.2) is 0 Å². The van der Waals surface area contributed by atoms with Crippen LogP contribution in [0.4, 0.5) is 0 Å². The van der Waals surface area contributed by atoms with Crippen molar-refractivity contribution in [2.45, 2.75) is 64.4 Å². The van der Waals surface area contributed by atoms with E-state index in [1.165, 1.54) is 32.1 Å². The Labute approximate surface area is 104 Å². The van der Waals surface area contributed by atoms with Gasteiger partial charge in [0.2, 0.25) is 0 Å². The molecule has 0 bridgehead atoms. The van der Waals surface area contributed by atoms with E-state index in [4.69, 9.17) is 14.9 Å². The molecule has 17 heavy (non-hydrogen) atoms. The van der Waals surface area contributed by atoms with Crippen LogP contribution in [0.1, 0.15) is 58.3 Å². The molecule has 102 valence electrons. The number of aliphatic hydroxyl groups excluding tert-OH is 2. The zero-order chi connectivity index (χ0) is 12.9. The van der Waals surface area contributed by atoms with E-state index in [0.29, 0.717) is 6.42 Å². The molecule has 0 heterocycles. The number of unbranched alkanes of at least 4 members (excludes halogenated alkanes) is 6. The molecule has 0 aliphatic heterocycles. The van der Waals surface area contributed by atoms with Gasteiger partial charge in [0.05, 0.1) is 6.61 Å². The van der Waals surface area contributed by atoms with Crippen LogP contribution in [-0.2, 0) is 9.53 Å². The summed E-state index contributed by atoms with van der Waals surface area (Å²) in [5.41, 5.74) is 0. The Bertz CT molecular complexity index is 182. The molecule has 0 aromatic heterocycles. The summed E-state index contributed by atoms with van der Waals surface area (Å²) >= 11 is 0. The molecule has 0 aromatic rings. The zero-order valence-electron chi connectivity index (χ0n) is 10.9. The number of aliphatic hydroxyl groups is 2. The minimum Gasteiger partial charge on any atom is -0.463 e. The SMILES string of the molecule is CCCCCCCCCC(=O)OC[C@H](O)CO. The molecule has 1 atom stereocenters. The second kappa shape index (κ2) is 11.9. The molecule has 4 heteroatoms. The summed E-state index contributed by atoms with van der Waals surface area (Å²) in [6.45, 7) is 1.72. The Hall–Kier alpha value is -0.610. The maximum absolute atomic E-state index is 11.2. The summed E-state index contributed by atoms with van der Waals surface area (Å²) in [5.74, 6) is -0.286. The summed E-state index contributed by atoms with van der Waals surface area (Å²) < 4.78 is 4.79. The van der Waals surface area contributed by atoms with Gasteiger partial charge in [-0.3, -0.25) is 4.79 Å². The molecule has 0 unspecified atom stereocenters. The van der Waals surface area contributed by atoms with Crippen molar-refractivity contribution < 1.29 is 19.7 Å². The molecular weight excluding hydrogens is 220 g/mol. The molecule has 0 fully saturated rings. The van der Waals surface area contributed by atoms with Gasteiger partial charge in [-0.05, 0) is 6.42 Å². The number of ether oxygens (including phenoxy) is 1. The number of hydrogen-bond donors (Lipinski definition) is 2. The average Bonchev–Trinajstić information content (AvgIpc) is 2.34. The van der Waals surface area contributed by atoms with Crippen molar-refractivity contribution in [1.29, 1.82) is 0 Å². The van der Waals surface area contributed by atoms with Crippen molar-refractivity contribution in [3.8, 4) is 0 Å². The molecule has 4 nitrogen and oxygen atoms in total. The third-order valence-electron chi connectivity index (χ3n) is 2.63. The lowest BCUT2D eigenvalue weighted by Crippen LogP contribution is -2.21. The number of carbonyl (C=O) groups is 1. The summed E-state index contributed by atoms with van der Waals surface area (Å²) in [6, 6.07) is 0. The topological polar surface area (TPSA) is 66.8 Å². The monoisotopic (exact) mass is 246 g/mol. The molecule has 0 saturated heterocycles. The largest absolute Gasteiger partial charge is 0.463 e. The second-order valence-corrected chi connectivity index (χ2v) is 4.39. The fourth-order valence-electron chi connectivity index (χ4n) is 1.54. The van der Waals surface area contributed by atoms with Crippen molar-refractivity contribution in [2.75, 3.05) is 13.2 Å². The lowest BCUT2D eigenvalue weighted by molar-refractivity contribution is -0.147. The van der Waals surface area contributed by atoms with Crippen LogP contribution in [0.5, 0.6) is 0 Å². The average molecular weight is 246 g/mol. The maximum atomic E-state index is 11.2. The van der Waals surface area contributed by atoms with E-state index in [1.54, 1.807) is 0 Å². The van der Waals surface area contributed by atoms with Gasteiger partial charge in [0.25, 0.3) is 0 Å². The molecule has 0 aliphatic carbocycles. The Morgan fingerprint density at radius 2 is 1.71 bits per heavy atom. The molecule has 0 amide bonds. The predicted octanol–water partition coefficient (Wildman–Crippen LogP) is 2.02. The zero-order valence-corrected chi connectivity index (χ0v) is 10.9. The highest BCUT2D eigenvalue weighted by Crippen LogP contribution is 2.08. The van der Waals surface area contributed by atoms with Crippen molar-refractivity contribution >= 4 is 5.97 Å². The third kappa shape index (κ3) is 11.6. The summed E-state index contributed by atoms with van der Waals surface area (Å²) in [5, 5.41) is 17.5. The van der Waals surface area contributed by atoms with Crippen molar-refractivity contribution in [3.05, 3.63) is 0 Å². The molecule has 0 radical (unpaired) electrons. The van der Waals surface area contributed by atoms with Gasteiger partial charge in [-0.25, -0.2) is 0 Å². The van der Waals surface area contributed by atoms with Crippen molar-refractivity contribution in [3.63, 3.8) is 0 Å². The molecule has 0 aromatic carbocycles. The van der Waals surface area contributed by atoms with Crippen LogP contribution in [-0.4, -0.2) is 35.5 Å². The van der Waals surface area contributed by atoms with Crippen LogP contribution in [0, 0.1) is 0 Å². The van der Waals surface area contributed by atoms with Gasteiger partial charge in [0.1, 0.15) is 12.7 Å². The lowest BCUT2D eigenvalue weighted by Gasteiger charge is -2.08. The minimum absolute atomic E-state index is 0.105. The van der Waals surface area contributed by atoms with Crippen LogP contribution in [0.2, 0.25) is 0 Å². The van der Waals surface area contributed by atoms with Crippen LogP contribution < -0.4 is 0 Å². The molecule has 0 rings (SSSR count). The highest BCUT2D eigenvalue weighted by Gasteiger charge is 2.07. The Morgan fingerprint density at radius 1 is 1.12 bits per heavy atom. The quantitative estimate of drug-likeness (QED) is 0.432. The number of rotatable bonds is 11. The lowest BCUT2D eigenvalue weighted by atomic mass is 10.1. The van der Waals surface area contributed by atoms with Crippen LogP contribution in [0.25, 0.3) is 0 Å². The first-order chi connectivity index (χ1) is 8.20. The molecule has 0 spiro atoms. The summed E-state index contributed by atoms with van der Waals surface area (Å²) in [4.78, 5) is 11.2. The van der Waals surface area contributed by atoms with Gasteiger partial charge in [0, 0.05) is 6.42 Å². The summed E-state index contributed by atoms with van der Waals surface area (Å²) in [6.07, 6.45) is 7.60. The van der Waals surface area contributed by atoms with Gasteiger partial charge in [-0.15, -0.1) is 0 Å². The number of esters is 1. The van der Waals surface area contributed by atoms with E-state index in [9.17, 15) is 4.79 Å². The first kappa shape index (κ1) is 16.4. The highest BCUT2D eigenvalue weighted by atomic mass is 16.5. The van der Waals surface area contributed by atoms with E-state index in [1.807, 2.05) is 0 Å². The number of carbonyl (C=O) groups excluding carboxylic acids is 1. The minimum atomic E-state index is -0.951. The predicted molar refractivity (Wildman–Crippen MR) is 66.7 cm³/mol. The van der Waals surface area contributed by atoms with Gasteiger partial charge >= 0.3 is 5.97 Å². The van der Waals surface area contributed by atoms with E-state index in [2.05, 4.69) is 6.92 Å². The van der Waals surface area contributed by atoms with E-state index in [0.717, 1.165) is 12.8 Å². The van der Waals surface area contributed by atoms with Gasteiger partial charge in [-0.2, -0.15) is 0 Å². The maximum Gasteiger partial charge on any atom is 0.305 e. The molecular formula is C13H26O4. The molecule has 2 N–H and O–H groups in total. The smallest absolute Gasteiger partial charge is 0.305 e. The highest BCUT2D eigenvalue weighted by molar-refractivity contribution is 5.69. The number of hydrogen-bond acceptors (Lipinski definition) is 4. The Kier molecular flexibility index (Phi) is 11.4. The molecule has 0 saturated carbocycles. The first-order valence-electron chi connectivity index (χ1n) is 6.65. The third-order valence-corrected chi connectivity index (χ3v) is 2.63. The van der Waals surface area contributed by atoms with Gasteiger partial charge in [-0.1, -0.05) is 45.4 Å². The van der Waals surface area contributed by atoms with E-state index < -0.39 is 6.10 Å². The van der Waals surface area contributed by atoms with Crippen LogP contribution >= 0.6 is 0 Å². The van der Waals surface area contributed by atoms with Gasteiger partial charge < -0.3 is 14.9 Å². The van der Waals surface area contributed by atoms with E-state index >= 15 is 0 Å². The first-order valence-corrected chi connectivity index (χ1v) is 6.65. The van der Waals surface area contributed by atoms with Crippen molar-refractivity contribution in [1.82, 2.24) is 0 Å². The fourth-order valence-corrected chi connectivity index (χ4v) is 1.54. The molecule has 0 aliphatic rings. The standard InChI is InChI=1S/C13H26O4/c1-2-3-4-5-6-7-8-9-13(16)17-11-12(15)10-14/h12,14-15H,2-11H2,1H3/t12-/m1/s1. The van der Waals surface area contributed by atoms with Crippen molar-refractivity contribution in [2.24, 2.45) is 0 Å². The summed E-state index contributed by atoms with van der Waals surface area (Å²) in [7, 11) is 0. The normalized spacial score (nSPS) is 12.4. The fraction of sp³-hybridized carbons (Fsp3) is 0.923. The Morgan fingerprint density at radius 3 is 2.29 bits per heavy atom. The van der Waals surface area contributed by atoms with E-state index in [-0.39, 0.29) is 19.2 Å². The van der Waals surface area contributed by atoms with Crippen LogP contribution in [0.15, 0.2) is 0 Å².